The van der Waals surface area contributed by atoms with Crippen LogP contribution in [0, 0.1) is 0 Å². The summed E-state index contributed by atoms with van der Waals surface area (Å²) in [6, 6.07) is 3.66. The van der Waals surface area contributed by atoms with Crippen LogP contribution in [-0.2, 0) is 6.42 Å². The Morgan fingerprint density at radius 1 is 1.58 bits per heavy atom. The predicted molar refractivity (Wildman–Crippen MR) is 47.3 cm³/mol. The molecule has 64 valence electrons. The fraction of sp³-hybridized carbons (Fsp3) is 0.333. The fourth-order valence-electron chi connectivity index (χ4n) is 0.907. The summed E-state index contributed by atoms with van der Waals surface area (Å²) in [6.45, 7) is 0.910. The van der Waals surface area contributed by atoms with Crippen molar-refractivity contribution in [3.8, 4) is 0 Å². The molecule has 0 unspecified atom stereocenters. The SMILES string of the molecule is CNCCc1ccc(C=O)cn1. The van der Waals surface area contributed by atoms with E-state index < -0.39 is 0 Å². The van der Waals surface area contributed by atoms with E-state index in [-0.39, 0.29) is 0 Å². The van der Waals surface area contributed by atoms with Crippen LogP contribution in [0.5, 0.6) is 0 Å². The summed E-state index contributed by atoms with van der Waals surface area (Å²) in [6.07, 6.45) is 3.29. The predicted octanol–water partition coefficient (Wildman–Crippen LogP) is 0.656. The van der Waals surface area contributed by atoms with Crippen LogP contribution in [0.15, 0.2) is 18.3 Å². The zero-order valence-corrected chi connectivity index (χ0v) is 7.08. The molecule has 0 aliphatic rings. The second-order valence-electron chi connectivity index (χ2n) is 2.55. The maximum absolute atomic E-state index is 10.3. The molecule has 1 heterocycles. The average Bonchev–Trinajstić information content (AvgIpc) is 2.15. The lowest BCUT2D eigenvalue weighted by atomic mass is 10.2. The van der Waals surface area contributed by atoms with E-state index in [0.717, 1.165) is 24.9 Å². The molecule has 1 rings (SSSR count). The summed E-state index contributed by atoms with van der Waals surface area (Å²) in [5.41, 5.74) is 1.64. The Hall–Kier alpha value is -1.22. The minimum atomic E-state index is 0.628. The molecule has 3 nitrogen and oxygen atoms in total. The van der Waals surface area contributed by atoms with E-state index in [1.54, 1.807) is 12.3 Å². The van der Waals surface area contributed by atoms with Crippen molar-refractivity contribution in [1.29, 1.82) is 0 Å². The van der Waals surface area contributed by atoms with Crippen LogP contribution in [0.2, 0.25) is 0 Å². The van der Waals surface area contributed by atoms with Gasteiger partial charge in [-0.3, -0.25) is 9.78 Å². The Kier molecular flexibility index (Phi) is 3.41. The van der Waals surface area contributed by atoms with Gasteiger partial charge in [0.1, 0.15) is 0 Å². The van der Waals surface area contributed by atoms with Crippen LogP contribution in [0.25, 0.3) is 0 Å². The Balaban J connectivity index is 2.58. The third-order valence-electron chi connectivity index (χ3n) is 1.61. The van der Waals surface area contributed by atoms with Gasteiger partial charge in [0.15, 0.2) is 6.29 Å². The van der Waals surface area contributed by atoms with Crippen LogP contribution in [0.4, 0.5) is 0 Å². The van der Waals surface area contributed by atoms with E-state index >= 15 is 0 Å². The van der Waals surface area contributed by atoms with Crippen LogP contribution in [0.1, 0.15) is 16.1 Å². The van der Waals surface area contributed by atoms with Crippen LogP contribution in [-0.4, -0.2) is 24.9 Å². The fourth-order valence-corrected chi connectivity index (χ4v) is 0.907. The van der Waals surface area contributed by atoms with Crippen molar-refractivity contribution in [3.63, 3.8) is 0 Å². The molecule has 0 fully saturated rings. The van der Waals surface area contributed by atoms with E-state index in [1.165, 1.54) is 0 Å². The molecule has 0 bridgehead atoms. The molecule has 0 radical (unpaired) electrons. The van der Waals surface area contributed by atoms with E-state index in [4.69, 9.17) is 0 Å². The van der Waals surface area contributed by atoms with Crippen LogP contribution < -0.4 is 5.32 Å². The standard InChI is InChI=1S/C9H12N2O/c1-10-5-4-9-3-2-8(7-12)6-11-9/h2-3,6-7,10H,4-5H2,1H3. The molecule has 1 aromatic heterocycles. The normalized spacial score (nSPS) is 9.75. The van der Waals surface area contributed by atoms with Crippen LogP contribution >= 0.6 is 0 Å². The molecule has 0 saturated heterocycles. The van der Waals surface area contributed by atoms with Gasteiger partial charge in [-0.1, -0.05) is 0 Å². The molecule has 0 amide bonds. The second kappa shape index (κ2) is 4.62. The number of nitrogens with one attached hydrogen (secondary N) is 1. The van der Waals surface area contributed by atoms with Gasteiger partial charge in [-0.25, -0.2) is 0 Å². The molecule has 0 atom stereocenters. The molecule has 0 aliphatic heterocycles. The highest BCUT2D eigenvalue weighted by Gasteiger charge is 1.93. The number of hydrogen-bond acceptors (Lipinski definition) is 3. The van der Waals surface area contributed by atoms with E-state index in [0.29, 0.717) is 5.56 Å². The van der Waals surface area contributed by atoms with Gasteiger partial charge in [-0.15, -0.1) is 0 Å². The minimum Gasteiger partial charge on any atom is -0.319 e. The zero-order chi connectivity index (χ0) is 8.81. The molecule has 0 saturated carbocycles. The summed E-state index contributed by atoms with van der Waals surface area (Å²) in [5, 5.41) is 3.04. The molecule has 1 aromatic rings. The number of likely N-dealkylation sites (N-methyl/N-ethyl adjacent to an activating group) is 1. The molecule has 0 aliphatic carbocycles. The van der Waals surface area contributed by atoms with Crippen molar-refractivity contribution >= 4 is 6.29 Å². The second-order valence-corrected chi connectivity index (χ2v) is 2.55. The van der Waals surface area contributed by atoms with Gasteiger partial charge in [0.2, 0.25) is 0 Å². The Labute approximate surface area is 71.8 Å². The van der Waals surface area contributed by atoms with Gasteiger partial charge in [0.25, 0.3) is 0 Å². The molecule has 0 aromatic carbocycles. The first-order chi connectivity index (χ1) is 5.86. The van der Waals surface area contributed by atoms with Crippen molar-refractivity contribution in [1.82, 2.24) is 10.3 Å². The van der Waals surface area contributed by atoms with Gasteiger partial charge in [-0.2, -0.15) is 0 Å². The highest BCUT2D eigenvalue weighted by atomic mass is 16.1. The summed E-state index contributed by atoms with van der Waals surface area (Å²) < 4.78 is 0. The number of aromatic nitrogens is 1. The monoisotopic (exact) mass is 164 g/mol. The first kappa shape index (κ1) is 8.87. The number of carbonyl (C=O) groups is 1. The van der Waals surface area contributed by atoms with Crippen molar-refractivity contribution in [3.05, 3.63) is 29.6 Å². The number of aldehydes is 1. The van der Waals surface area contributed by atoms with E-state index in [2.05, 4.69) is 10.3 Å². The number of carbonyl (C=O) groups excluding carboxylic acids is 1. The maximum Gasteiger partial charge on any atom is 0.151 e. The third kappa shape index (κ3) is 2.43. The highest BCUT2D eigenvalue weighted by Crippen LogP contribution is 1.97. The maximum atomic E-state index is 10.3. The summed E-state index contributed by atoms with van der Waals surface area (Å²) in [5.74, 6) is 0. The van der Waals surface area contributed by atoms with Gasteiger partial charge in [-0.05, 0) is 19.2 Å². The number of hydrogen-bond donors (Lipinski definition) is 1. The molecular formula is C9H12N2O. The van der Waals surface area contributed by atoms with Gasteiger partial charge in [0, 0.05) is 30.4 Å². The Morgan fingerprint density at radius 3 is 2.92 bits per heavy atom. The lowest BCUT2D eigenvalue weighted by molar-refractivity contribution is 0.112. The van der Waals surface area contributed by atoms with E-state index in [1.807, 2.05) is 13.1 Å². The first-order valence-corrected chi connectivity index (χ1v) is 3.91. The zero-order valence-electron chi connectivity index (χ0n) is 7.08. The van der Waals surface area contributed by atoms with Crippen molar-refractivity contribution in [2.24, 2.45) is 0 Å². The Bertz CT molecular complexity index is 243. The quantitative estimate of drug-likeness (QED) is 0.664. The van der Waals surface area contributed by atoms with Gasteiger partial charge >= 0.3 is 0 Å². The minimum absolute atomic E-state index is 0.628. The highest BCUT2D eigenvalue weighted by molar-refractivity contribution is 5.73. The molecule has 3 heteroatoms. The van der Waals surface area contributed by atoms with Crippen molar-refractivity contribution < 1.29 is 4.79 Å². The Morgan fingerprint density at radius 2 is 2.42 bits per heavy atom. The van der Waals surface area contributed by atoms with Crippen molar-refractivity contribution in [2.45, 2.75) is 6.42 Å². The number of nitrogens with zero attached hydrogens (tertiary/aromatic N) is 1. The van der Waals surface area contributed by atoms with E-state index in [9.17, 15) is 4.79 Å². The summed E-state index contributed by atoms with van der Waals surface area (Å²) in [4.78, 5) is 14.4. The third-order valence-corrected chi connectivity index (χ3v) is 1.61. The summed E-state index contributed by atoms with van der Waals surface area (Å²) >= 11 is 0. The molecule has 12 heavy (non-hydrogen) atoms. The molecule has 0 spiro atoms. The average molecular weight is 164 g/mol. The number of rotatable bonds is 4. The van der Waals surface area contributed by atoms with Crippen LogP contribution in [0.3, 0.4) is 0 Å². The molecule has 1 N–H and O–H groups in total. The van der Waals surface area contributed by atoms with Crippen molar-refractivity contribution in [2.75, 3.05) is 13.6 Å². The number of pyridine rings is 1. The summed E-state index contributed by atoms with van der Waals surface area (Å²) in [7, 11) is 1.90. The molecular weight excluding hydrogens is 152 g/mol. The lowest BCUT2D eigenvalue weighted by Gasteiger charge is -1.98. The largest absolute Gasteiger partial charge is 0.319 e. The topological polar surface area (TPSA) is 42.0 Å². The smallest absolute Gasteiger partial charge is 0.151 e. The lowest BCUT2D eigenvalue weighted by Crippen LogP contribution is -2.11. The van der Waals surface area contributed by atoms with Gasteiger partial charge in [0.05, 0.1) is 0 Å². The first-order valence-electron chi connectivity index (χ1n) is 3.91. The van der Waals surface area contributed by atoms with Gasteiger partial charge < -0.3 is 5.32 Å².